The standard InChI is InChI=1S/C25H27NO4/c1-17-15-20(9-14-24(17)30-4)25(27)26-23(19-7-12-22(29-3)13-8-19)16-18-5-10-21(28-2)11-6-18/h5-15,23H,16H2,1-4H3,(H,26,27). The number of ether oxygens (including phenoxy) is 3. The minimum Gasteiger partial charge on any atom is -0.497 e. The van der Waals surface area contributed by atoms with Crippen LogP contribution in [-0.4, -0.2) is 27.2 Å². The van der Waals surface area contributed by atoms with Crippen LogP contribution in [0.5, 0.6) is 17.2 Å². The van der Waals surface area contributed by atoms with Gasteiger partial charge in [-0.2, -0.15) is 0 Å². The van der Waals surface area contributed by atoms with Gasteiger partial charge in [-0.25, -0.2) is 0 Å². The van der Waals surface area contributed by atoms with E-state index in [0.717, 1.165) is 33.9 Å². The third-order valence-corrected chi connectivity index (χ3v) is 5.08. The van der Waals surface area contributed by atoms with Gasteiger partial charge in [-0.3, -0.25) is 4.79 Å². The Labute approximate surface area is 177 Å². The second-order valence-electron chi connectivity index (χ2n) is 7.04. The Morgan fingerprint density at radius 3 is 1.97 bits per heavy atom. The molecular formula is C25H27NO4. The van der Waals surface area contributed by atoms with E-state index < -0.39 is 0 Å². The van der Waals surface area contributed by atoms with Crippen molar-refractivity contribution in [3.8, 4) is 17.2 Å². The minimum atomic E-state index is -0.195. The average molecular weight is 405 g/mol. The predicted molar refractivity (Wildman–Crippen MR) is 118 cm³/mol. The Bertz CT molecular complexity index is 981. The average Bonchev–Trinajstić information content (AvgIpc) is 2.79. The monoisotopic (exact) mass is 405 g/mol. The highest BCUT2D eigenvalue weighted by atomic mass is 16.5. The van der Waals surface area contributed by atoms with Crippen LogP contribution < -0.4 is 19.5 Å². The Kier molecular flexibility index (Phi) is 6.96. The zero-order valence-electron chi connectivity index (χ0n) is 17.8. The molecule has 5 heteroatoms. The maximum absolute atomic E-state index is 13.0. The maximum atomic E-state index is 13.0. The van der Waals surface area contributed by atoms with Crippen LogP contribution in [0.25, 0.3) is 0 Å². The van der Waals surface area contributed by atoms with Gasteiger partial charge in [0.15, 0.2) is 0 Å². The molecule has 1 atom stereocenters. The van der Waals surface area contributed by atoms with Crippen molar-refractivity contribution in [3.05, 3.63) is 89.0 Å². The van der Waals surface area contributed by atoms with E-state index in [1.165, 1.54) is 0 Å². The minimum absolute atomic E-state index is 0.130. The first-order valence-corrected chi connectivity index (χ1v) is 9.76. The first kappa shape index (κ1) is 21.2. The topological polar surface area (TPSA) is 56.8 Å². The van der Waals surface area contributed by atoms with Gasteiger partial charge in [0.2, 0.25) is 0 Å². The molecule has 3 aromatic carbocycles. The second-order valence-corrected chi connectivity index (χ2v) is 7.04. The van der Waals surface area contributed by atoms with Crippen molar-refractivity contribution in [2.75, 3.05) is 21.3 Å². The summed E-state index contributed by atoms with van der Waals surface area (Å²) in [7, 11) is 4.90. The van der Waals surface area contributed by atoms with Crippen LogP contribution in [0.2, 0.25) is 0 Å². The van der Waals surface area contributed by atoms with Gasteiger partial charge in [-0.1, -0.05) is 24.3 Å². The normalized spacial score (nSPS) is 11.5. The van der Waals surface area contributed by atoms with Crippen molar-refractivity contribution in [3.63, 3.8) is 0 Å². The van der Waals surface area contributed by atoms with E-state index in [4.69, 9.17) is 14.2 Å². The maximum Gasteiger partial charge on any atom is 0.251 e. The van der Waals surface area contributed by atoms with E-state index in [9.17, 15) is 4.79 Å². The number of carbonyl (C=O) groups is 1. The highest BCUT2D eigenvalue weighted by molar-refractivity contribution is 5.94. The van der Waals surface area contributed by atoms with E-state index in [-0.39, 0.29) is 11.9 Å². The number of carbonyl (C=O) groups excluding carboxylic acids is 1. The fourth-order valence-electron chi connectivity index (χ4n) is 3.35. The molecule has 0 aliphatic rings. The molecule has 0 aromatic heterocycles. The number of methoxy groups -OCH3 is 3. The highest BCUT2D eigenvalue weighted by Crippen LogP contribution is 2.24. The summed E-state index contributed by atoms with van der Waals surface area (Å²) >= 11 is 0. The van der Waals surface area contributed by atoms with Crippen LogP contribution >= 0.6 is 0 Å². The van der Waals surface area contributed by atoms with Crippen LogP contribution in [0.3, 0.4) is 0 Å². The summed E-state index contributed by atoms with van der Waals surface area (Å²) in [5, 5.41) is 3.18. The number of rotatable bonds is 8. The SMILES string of the molecule is COc1ccc(CC(NC(=O)c2ccc(OC)c(C)c2)c2ccc(OC)cc2)cc1. The van der Waals surface area contributed by atoms with Crippen LogP contribution in [0, 0.1) is 6.92 Å². The summed E-state index contributed by atoms with van der Waals surface area (Å²) in [5.41, 5.74) is 3.62. The van der Waals surface area contributed by atoms with Crippen LogP contribution in [0.1, 0.15) is 33.1 Å². The molecule has 30 heavy (non-hydrogen) atoms. The third-order valence-electron chi connectivity index (χ3n) is 5.08. The van der Waals surface area contributed by atoms with Crippen LogP contribution in [0.4, 0.5) is 0 Å². The Balaban J connectivity index is 1.85. The second kappa shape index (κ2) is 9.83. The van der Waals surface area contributed by atoms with Crippen molar-refractivity contribution in [2.24, 2.45) is 0 Å². The van der Waals surface area contributed by atoms with Crippen molar-refractivity contribution in [2.45, 2.75) is 19.4 Å². The van der Waals surface area contributed by atoms with E-state index in [0.29, 0.717) is 12.0 Å². The molecule has 3 aromatic rings. The lowest BCUT2D eigenvalue weighted by atomic mass is 9.98. The quantitative estimate of drug-likeness (QED) is 0.588. The molecule has 0 aliphatic carbocycles. The van der Waals surface area contributed by atoms with Gasteiger partial charge in [0, 0.05) is 5.56 Å². The molecule has 0 fully saturated rings. The van der Waals surface area contributed by atoms with Crippen LogP contribution in [-0.2, 0) is 6.42 Å². The summed E-state index contributed by atoms with van der Waals surface area (Å²) in [5.74, 6) is 2.21. The number of amides is 1. The molecule has 5 nitrogen and oxygen atoms in total. The molecule has 0 heterocycles. The summed E-state index contributed by atoms with van der Waals surface area (Å²) in [6.45, 7) is 1.92. The van der Waals surface area contributed by atoms with Crippen LogP contribution in [0.15, 0.2) is 66.7 Å². The molecule has 1 N–H and O–H groups in total. The van der Waals surface area contributed by atoms with E-state index in [2.05, 4.69) is 5.32 Å². The van der Waals surface area contributed by atoms with Crippen molar-refractivity contribution >= 4 is 5.91 Å². The molecule has 0 spiro atoms. The van der Waals surface area contributed by atoms with E-state index in [1.54, 1.807) is 27.4 Å². The number of aryl methyl sites for hydroxylation is 1. The predicted octanol–water partition coefficient (Wildman–Crippen LogP) is 4.73. The molecule has 156 valence electrons. The first-order chi connectivity index (χ1) is 14.5. The summed E-state index contributed by atoms with van der Waals surface area (Å²) in [6, 6.07) is 20.9. The van der Waals surface area contributed by atoms with Gasteiger partial charge in [0.1, 0.15) is 17.2 Å². The number of hydrogen-bond donors (Lipinski definition) is 1. The Morgan fingerprint density at radius 1 is 0.833 bits per heavy atom. The summed E-state index contributed by atoms with van der Waals surface area (Å²) < 4.78 is 15.8. The number of hydrogen-bond acceptors (Lipinski definition) is 4. The van der Waals surface area contributed by atoms with Gasteiger partial charge in [-0.15, -0.1) is 0 Å². The van der Waals surface area contributed by atoms with Gasteiger partial charge in [0.05, 0.1) is 27.4 Å². The van der Waals surface area contributed by atoms with Crippen molar-refractivity contribution < 1.29 is 19.0 Å². The smallest absolute Gasteiger partial charge is 0.251 e. The summed E-state index contributed by atoms with van der Waals surface area (Å²) in [6.07, 6.45) is 0.650. The number of nitrogens with one attached hydrogen (secondary N) is 1. The zero-order valence-corrected chi connectivity index (χ0v) is 17.8. The fraction of sp³-hybridized carbons (Fsp3) is 0.240. The van der Waals surface area contributed by atoms with Crippen molar-refractivity contribution in [1.82, 2.24) is 5.32 Å². The molecule has 1 amide bonds. The lowest BCUT2D eigenvalue weighted by molar-refractivity contribution is 0.0936. The molecule has 3 rings (SSSR count). The molecule has 0 saturated heterocycles. The molecule has 0 bridgehead atoms. The highest BCUT2D eigenvalue weighted by Gasteiger charge is 2.18. The zero-order chi connectivity index (χ0) is 21.5. The van der Waals surface area contributed by atoms with Crippen molar-refractivity contribution in [1.29, 1.82) is 0 Å². The van der Waals surface area contributed by atoms with Gasteiger partial charge >= 0.3 is 0 Å². The van der Waals surface area contributed by atoms with E-state index >= 15 is 0 Å². The lowest BCUT2D eigenvalue weighted by Crippen LogP contribution is -2.30. The third kappa shape index (κ3) is 5.11. The largest absolute Gasteiger partial charge is 0.497 e. The molecule has 0 aliphatic heterocycles. The van der Waals surface area contributed by atoms with Gasteiger partial charge in [0.25, 0.3) is 5.91 Å². The molecule has 0 saturated carbocycles. The van der Waals surface area contributed by atoms with E-state index in [1.807, 2.05) is 67.6 Å². The van der Waals surface area contributed by atoms with Gasteiger partial charge in [-0.05, 0) is 72.5 Å². The van der Waals surface area contributed by atoms with Gasteiger partial charge < -0.3 is 19.5 Å². The fourth-order valence-corrected chi connectivity index (χ4v) is 3.35. The number of benzene rings is 3. The Morgan fingerprint density at radius 2 is 1.43 bits per heavy atom. The summed E-state index contributed by atoms with van der Waals surface area (Å²) in [4.78, 5) is 13.0. The molecule has 0 radical (unpaired) electrons. The lowest BCUT2D eigenvalue weighted by Gasteiger charge is -2.20. The molecular weight excluding hydrogens is 378 g/mol. The molecule has 1 unspecified atom stereocenters. The first-order valence-electron chi connectivity index (χ1n) is 9.76. The Hall–Kier alpha value is -3.47.